The van der Waals surface area contributed by atoms with Crippen molar-refractivity contribution in [2.45, 2.75) is 32.2 Å². The lowest BCUT2D eigenvalue weighted by Gasteiger charge is -2.25. The van der Waals surface area contributed by atoms with Gasteiger partial charge in [-0.15, -0.1) is 0 Å². The molecule has 4 N–H and O–H groups in total. The van der Waals surface area contributed by atoms with Crippen LogP contribution in [0.15, 0.2) is 29.1 Å². The van der Waals surface area contributed by atoms with E-state index >= 15 is 0 Å². The number of benzene rings is 1. The van der Waals surface area contributed by atoms with Crippen molar-refractivity contribution in [3.8, 4) is 17.0 Å². The van der Waals surface area contributed by atoms with Gasteiger partial charge in [-0.3, -0.25) is 4.79 Å². The van der Waals surface area contributed by atoms with Gasteiger partial charge in [-0.2, -0.15) is 4.98 Å². The minimum Gasteiger partial charge on any atom is -0.493 e. The number of H-pyrrole nitrogens is 1. The highest BCUT2D eigenvalue weighted by molar-refractivity contribution is 5.67. The van der Waals surface area contributed by atoms with Gasteiger partial charge in [0, 0.05) is 5.56 Å². The smallest absolute Gasteiger partial charge is 0.262 e. The van der Waals surface area contributed by atoms with E-state index in [2.05, 4.69) is 9.97 Å². The molecule has 6 heteroatoms. The lowest BCUT2D eigenvalue weighted by atomic mass is 9.93. The molecule has 1 heterocycles. The van der Waals surface area contributed by atoms with Gasteiger partial charge in [-0.1, -0.05) is 32.0 Å². The highest BCUT2D eigenvalue weighted by Crippen LogP contribution is 2.29. The molecule has 0 spiro atoms. The monoisotopic (exact) mass is 291 g/mol. The molecule has 21 heavy (non-hydrogen) atoms. The summed E-state index contributed by atoms with van der Waals surface area (Å²) in [5.41, 5.74) is 4.53. The summed E-state index contributed by atoms with van der Waals surface area (Å²) in [4.78, 5) is 18.8. The molecular formula is C15H18FN3O2. The quantitative estimate of drug-likeness (QED) is 0.805. The van der Waals surface area contributed by atoms with Crippen LogP contribution in [0.5, 0.6) is 5.88 Å². The van der Waals surface area contributed by atoms with Crippen molar-refractivity contribution < 1.29 is 9.50 Å². The first kappa shape index (κ1) is 15.2. The Balaban J connectivity index is 2.64. The van der Waals surface area contributed by atoms with Crippen LogP contribution in [0.3, 0.4) is 0 Å². The summed E-state index contributed by atoms with van der Waals surface area (Å²) in [6, 6.07) is 5.71. The van der Waals surface area contributed by atoms with Crippen LogP contribution in [0.2, 0.25) is 0 Å². The average molecular weight is 291 g/mol. The Hall–Kier alpha value is -2.21. The molecule has 0 saturated carbocycles. The van der Waals surface area contributed by atoms with Gasteiger partial charge in [0.15, 0.2) is 0 Å². The number of aromatic nitrogens is 2. The first-order valence-electron chi connectivity index (χ1n) is 6.80. The molecule has 5 nitrogen and oxygen atoms in total. The van der Waals surface area contributed by atoms with Crippen molar-refractivity contribution in [1.82, 2.24) is 9.97 Å². The lowest BCUT2D eigenvalue weighted by Crippen LogP contribution is -2.38. The summed E-state index contributed by atoms with van der Waals surface area (Å²) in [5.74, 6) is -0.913. The van der Waals surface area contributed by atoms with Crippen molar-refractivity contribution in [3.63, 3.8) is 0 Å². The summed E-state index contributed by atoms with van der Waals surface area (Å²) in [5, 5.41) is 10.1. The molecular weight excluding hydrogens is 273 g/mol. The lowest BCUT2D eigenvalue weighted by molar-refractivity contribution is 0.372. The maximum absolute atomic E-state index is 13.8. The number of rotatable bonds is 4. The van der Waals surface area contributed by atoms with Crippen LogP contribution in [-0.4, -0.2) is 15.1 Å². The molecule has 2 aromatic rings. The minimum absolute atomic E-state index is 0.00548. The van der Waals surface area contributed by atoms with E-state index in [0.717, 1.165) is 0 Å². The van der Waals surface area contributed by atoms with Gasteiger partial charge >= 0.3 is 0 Å². The van der Waals surface area contributed by atoms with Crippen molar-refractivity contribution in [2.75, 3.05) is 0 Å². The fourth-order valence-corrected chi connectivity index (χ4v) is 2.19. The third-order valence-corrected chi connectivity index (χ3v) is 3.78. The summed E-state index contributed by atoms with van der Waals surface area (Å²) in [6.07, 6.45) is 1.09. The van der Waals surface area contributed by atoms with Crippen molar-refractivity contribution in [1.29, 1.82) is 0 Å². The summed E-state index contributed by atoms with van der Waals surface area (Å²) < 4.78 is 13.8. The molecule has 2 rings (SSSR count). The first-order valence-corrected chi connectivity index (χ1v) is 6.80. The highest BCUT2D eigenvalue weighted by atomic mass is 19.1. The van der Waals surface area contributed by atoms with Crippen LogP contribution < -0.4 is 11.3 Å². The Labute approximate surface area is 121 Å². The van der Waals surface area contributed by atoms with Crippen molar-refractivity contribution in [3.05, 3.63) is 46.3 Å². The van der Waals surface area contributed by atoms with E-state index in [4.69, 9.17) is 5.73 Å². The molecule has 0 amide bonds. The van der Waals surface area contributed by atoms with Crippen LogP contribution >= 0.6 is 0 Å². The Morgan fingerprint density at radius 2 is 1.95 bits per heavy atom. The Morgan fingerprint density at radius 3 is 2.48 bits per heavy atom. The van der Waals surface area contributed by atoms with Crippen LogP contribution in [0.4, 0.5) is 4.39 Å². The predicted molar refractivity (Wildman–Crippen MR) is 78.4 cm³/mol. The number of aromatic amines is 1. The molecule has 0 aliphatic heterocycles. The molecule has 0 unspecified atom stereocenters. The average Bonchev–Trinajstić information content (AvgIpc) is 2.47. The molecule has 0 aliphatic carbocycles. The second-order valence-electron chi connectivity index (χ2n) is 4.96. The number of nitrogens with one attached hydrogen (secondary N) is 1. The van der Waals surface area contributed by atoms with E-state index in [9.17, 15) is 14.3 Å². The molecule has 112 valence electrons. The normalized spacial score (nSPS) is 11.6. The van der Waals surface area contributed by atoms with E-state index in [-0.39, 0.29) is 17.0 Å². The van der Waals surface area contributed by atoms with Gasteiger partial charge in [0.1, 0.15) is 17.2 Å². The number of aromatic hydroxyl groups is 1. The van der Waals surface area contributed by atoms with Crippen molar-refractivity contribution in [2.24, 2.45) is 5.73 Å². The molecule has 1 aromatic carbocycles. The van der Waals surface area contributed by atoms with E-state index < -0.39 is 22.8 Å². The van der Waals surface area contributed by atoms with Gasteiger partial charge in [0.2, 0.25) is 5.88 Å². The first-order chi connectivity index (χ1) is 9.92. The second-order valence-corrected chi connectivity index (χ2v) is 4.96. The fourth-order valence-electron chi connectivity index (χ4n) is 2.19. The van der Waals surface area contributed by atoms with Gasteiger partial charge in [0.25, 0.3) is 5.56 Å². The molecule has 1 aromatic heterocycles. The van der Waals surface area contributed by atoms with E-state index in [0.29, 0.717) is 12.8 Å². The molecule has 0 fully saturated rings. The molecule has 0 bridgehead atoms. The van der Waals surface area contributed by atoms with E-state index in [1.807, 2.05) is 13.8 Å². The summed E-state index contributed by atoms with van der Waals surface area (Å²) in [7, 11) is 0. The van der Waals surface area contributed by atoms with Crippen molar-refractivity contribution >= 4 is 0 Å². The number of halogens is 1. The molecule has 0 atom stereocenters. The fraction of sp³-hybridized carbons (Fsp3) is 0.333. The Bertz CT molecular complexity index is 708. The van der Waals surface area contributed by atoms with Gasteiger partial charge in [0.05, 0.1) is 5.54 Å². The van der Waals surface area contributed by atoms with Gasteiger partial charge < -0.3 is 15.8 Å². The topological polar surface area (TPSA) is 92.0 Å². The van der Waals surface area contributed by atoms with Crippen LogP contribution in [0.1, 0.15) is 32.5 Å². The Kier molecular flexibility index (Phi) is 4.09. The maximum atomic E-state index is 13.8. The zero-order valence-corrected chi connectivity index (χ0v) is 12.0. The van der Waals surface area contributed by atoms with Gasteiger partial charge in [-0.25, -0.2) is 4.39 Å². The standard InChI is InChI=1S/C15H18FN3O2/c1-3-15(17,4-2)14-18-12(20)11(13(21)19-14)9-7-5-6-8-10(9)16/h5-8H,3-4,17H2,1-2H3,(H2,18,19,20,21). The minimum atomic E-state index is -0.829. The number of hydrogen-bond acceptors (Lipinski definition) is 4. The van der Waals surface area contributed by atoms with Crippen LogP contribution in [-0.2, 0) is 5.54 Å². The largest absolute Gasteiger partial charge is 0.493 e. The number of nitrogens with two attached hydrogens (primary N) is 1. The number of hydrogen-bond donors (Lipinski definition) is 3. The van der Waals surface area contributed by atoms with Gasteiger partial charge in [-0.05, 0) is 18.9 Å². The zero-order chi connectivity index (χ0) is 15.6. The van der Waals surface area contributed by atoms with E-state index in [1.54, 1.807) is 6.07 Å². The summed E-state index contributed by atoms with van der Waals surface area (Å²) in [6.45, 7) is 3.73. The highest BCUT2D eigenvalue weighted by Gasteiger charge is 2.28. The third kappa shape index (κ3) is 2.67. The summed E-state index contributed by atoms with van der Waals surface area (Å²) >= 11 is 0. The SMILES string of the molecule is CCC(N)(CC)c1nc(O)c(-c2ccccc2F)c(=O)[nH]1. The zero-order valence-electron chi connectivity index (χ0n) is 12.0. The molecule has 0 aliphatic rings. The maximum Gasteiger partial charge on any atom is 0.262 e. The number of nitrogens with zero attached hydrogens (tertiary/aromatic N) is 1. The third-order valence-electron chi connectivity index (χ3n) is 3.78. The second kappa shape index (κ2) is 5.65. The molecule has 0 saturated heterocycles. The molecule has 0 radical (unpaired) electrons. The van der Waals surface area contributed by atoms with E-state index in [1.165, 1.54) is 18.2 Å². The Morgan fingerprint density at radius 1 is 1.33 bits per heavy atom. The van der Waals surface area contributed by atoms with Crippen LogP contribution in [0, 0.1) is 5.82 Å². The predicted octanol–water partition coefficient (Wildman–Crippen LogP) is 2.26. The van der Waals surface area contributed by atoms with Crippen LogP contribution in [0.25, 0.3) is 11.1 Å².